The van der Waals surface area contributed by atoms with Gasteiger partial charge in [-0.2, -0.15) is 0 Å². The molecule has 1 N–H and O–H groups in total. The first-order valence-electron chi connectivity index (χ1n) is 16.0. The van der Waals surface area contributed by atoms with E-state index >= 15 is 0 Å². The fraction of sp³-hybridized carbons (Fsp3) is 0.571. The second-order valence-electron chi connectivity index (χ2n) is 11.9. The average molecular weight is 640 g/mol. The van der Waals surface area contributed by atoms with Crippen LogP contribution in [-0.4, -0.2) is 84.2 Å². The van der Waals surface area contributed by atoms with E-state index in [9.17, 15) is 24.0 Å². The van der Waals surface area contributed by atoms with Gasteiger partial charge in [0.2, 0.25) is 0 Å². The van der Waals surface area contributed by atoms with Crippen LogP contribution in [0.3, 0.4) is 0 Å². The summed E-state index contributed by atoms with van der Waals surface area (Å²) in [5.41, 5.74) is 0.765. The molecule has 1 amide bonds. The normalized spacial score (nSPS) is 11.6. The number of ether oxygens (including phenoxy) is 3. The van der Waals surface area contributed by atoms with Crippen LogP contribution in [-0.2, 0) is 28.6 Å². The molecule has 0 unspecified atom stereocenters. The molecule has 252 valence electrons. The lowest BCUT2D eigenvalue weighted by Crippen LogP contribution is -2.59. The maximum Gasteiger partial charge on any atom is 0.270 e. The predicted molar refractivity (Wildman–Crippen MR) is 174 cm³/mol. The SMILES string of the molecule is CCC(=O)CCOCC(COCCC(=O)CC)(COCCC(=O)C(C)C)NC(=O)c1ccc(-c2ccc(C(=O)C(C)C)nc2)cn1. The summed E-state index contributed by atoms with van der Waals surface area (Å²) in [5, 5.41) is 2.97. The van der Waals surface area contributed by atoms with Crippen molar-refractivity contribution in [1.82, 2.24) is 15.3 Å². The summed E-state index contributed by atoms with van der Waals surface area (Å²) in [7, 11) is 0. The molecular formula is C35H49N3O8. The maximum absolute atomic E-state index is 13.5. The van der Waals surface area contributed by atoms with Gasteiger partial charge in [0.15, 0.2) is 5.78 Å². The van der Waals surface area contributed by atoms with Crippen LogP contribution in [0.25, 0.3) is 11.1 Å². The minimum Gasteiger partial charge on any atom is -0.378 e. The van der Waals surface area contributed by atoms with Crippen LogP contribution >= 0.6 is 0 Å². The number of amides is 1. The van der Waals surface area contributed by atoms with Crippen molar-refractivity contribution in [2.75, 3.05) is 39.6 Å². The van der Waals surface area contributed by atoms with Crippen molar-refractivity contribution in [1.29, 1.82) is 0 Å². The van der Waals surface area contributed by atoms with Gasteiger partial charge in [-0.3, -0.25) is 33.9 Å². The summed E-state index contributed by atoms with van der Waals surface area (Å²) in [6.45, 7) is 11.1. The highest BCUT2D eigenvalue weighted by atomic mass is 16.5. The number of carbonyl (C=O) groups excluding carboxylic acids is 5. The average Bonchev–Trinajstić information content (AvgIpc) is 3.06. The van der Waals surface area contributed by atoms with Gasteiger partial charge in [-0.1, -0.05) is 53.7 Å². The highest BCUT2D eigenvalue weighted by Crippen LogP contribution is 2.19. The predicted octanol–water partition coefficient (Wildman–Crippen LogP) is 4.85. The molecule has 11 nitrogen and oxygen atoms in total. The number of carbonyl (C=O) groups is 5. The molecular weight excluding hydrogens is 590 g/mol. The number of nitrogens with zero attached hydrogens (tertiary/aromatic N) is 2. The molecule has 2 aromatic heterocycles. The molecule has 2 heterocycles. The summed E-state index contributed by atoms with van der Waals surface area (Å²) in [5.74, 6) is -0.688. The summed E-state index contributed by atoms with van der Waals surface area (Å²) in [4.78, 5) is 70.3. The molecule has 0 aromatic carbocycles. The molecule has 11 heteroatoms. The minimum atomic E-state index is -1.20. The maximum atomic E-state index is 13.5. The quantitative estimate of drug-likeness (QED) is 0.132. The Morgan fingerprint density at radius 2 is 1.13 bits per heavy atom. The fourth-order valence-electron chi connectivity index (χ4n) is 4.23. The Balaban J connectivity index is 2.25. The summed E-state index contributed by atoms with van der Waals surface area (Å²) >= 11 is 0. The standard InChI is InChI=1S/C35H49N3O8/c1-7-28(39)13-16-44-21-35(22-45-17-14-29(40)8-2,23-46-18-15-32(41)24(3)4)38-34(43)31-12-10-27(20-37-31)26-9-11-30(36-19-26)33(42)25(5)6/h9-12,19-20,24-25H,7-8,13-18,21-23H2,1-6H3,(H,38,43). The van der Waals surface area contributed by atoms with Crippen molar-refractivity contribution in [2.45, 2.75) is 79.2 Å². The van der Waals surface area contributed by atoms with E-state index in [1.54, 1.807) is 50.5 Å². The number of ketones is 4. The molecule has 0 radical (unpaired) electrons. The van der Waals surface area contributed by atoms with Crippen molar-refractivity contribution in [3.8, 4) is 11.1 Å². The number of hydrogen-bond donors (Lipinski definition) is 1. The second kappa shape index (κ2) is 19.8. The van der Waals surface area contributed by atoms with Gasteiger partial charge in [-0.05, 0) is 12.1 Å². The molecule has 0 aliphatic rings. The van der Waals surface area contributed by atoms with Crippen LogP contribution in [0.2, 0.25) is 0 Å². The molecule has 0 aliphatic carbocycles. The van der Waals surface area contributed by atoms with E-state index < -0.39 is 11.4 Å². The third kappa shape index (κ3) is 13.0. The van der Waals surface area contributed by atoms with Gasteiger partial charge >= 0.3 is 0 Å². The van der Waals surface area contributed by atoms with Gasteiger partial charge < -0.3 is 19.5 Å². The van der Waals surface area contributed by atoms with Crippen LogP contribution in [0, 0.1) is 11.8 Å². The number of rotatable bonds is 23. The van der Waals surface area contributed by atoms with Crippen LogP contribution < -0.4 is 5.32 Å². The molecule has 0 atom stereocenters. The molecule has 0 fully saturated rings. The number of pyridine rings is 2. The lowest BCUT2D eigenvalue weighted by atomic mass is 10.0. The van der Waals surface area contributed by atoms with E-state index in [4.69, 9.17) is 14.2 Å². The van der Waals surface area contributed by atoms with Gasteiger partial charge in [0.05, 0.1) is 39.6 Å². The van der Waals surface area contributed by atoms with E-state index in [0.29, 0.717) is 24.1 Å². The van der Waals surface area contributed by atoms with Crippen LogP contribution in [0.4, 0.5) is 0 Å². The first kappa shape index (κ1) is 38.5. The first-order chi connectivity index (χ1) is 21.9. The van der Waals surface area contributed by atoms with E-state index in [-0.39, 0.29) is 99.6 Å². The Labute approximate surface area is 272 Å². The third-order valence-corrected chi connectivity index (χ3v) is 7.36. The Morgan fingerprint density at radius 1 is 0.674 bits per heavy atom. The third-order valence-electron chi connectivity index (χ3n) is 7.36. The lowest BCUT2D eigenvalue weighted by Gasteiger charge is -2.34. The first-order valence-corrected chi connectivity index (χ1v) is 16.0. The smallest absolute Gasteiger partial charge is 0.270 e. The zero-order valence-electron chi connectivity index (χ0n) is 28.1. The number of aromatic nitrogens is 2. The minimum absolute atomic E-state index is 0.0409. The van der Waals surface area contributed by atoms with Crippen LogP contribution in [0.1, 0.15) is 94.6 Å². The number of nitrogens with one attached hydrogen (secondary N) is 1. The van der Waals surface area contributed by atoms with Crippen molar-refractivity contribution in [3.05, 3.63) is 48.0 Å². The van der Waals surface area contributed by atoms with E-state index in [2.05, 4.69) is 15.3 Å². The Kier molecular flexibility index (Phi) is 16.5. The summed E-state index contributed by atoms with van der Waals surface area (Å²) < 4.78 is 17.6. The van der Waals surface area contributed by atoms with Gasteiger partial charge in [-0.25, -0.2) is 0 Å². The van der Waals surface area contributed by atoms with Crippen LogP contribution in [0.5, 0.6) is 0 Å². The summed E-state index contributed by atoms with van der Waals surface area (Å²) in [6, 6.07) is 6.77. The van der Waals surface area contributed by atoms with E-state index in [1.165, 1.54) is 0 Å². The van der Waals surface area contributed by atoms with Gasteiger partial charge in [0.1, 0.15) is 34.3 Å². The molecule has 0 saturated carbocycles. The highest BCUT2D eigenvalue weighted by Gasteiger charge is 2.35. The van der Waals surface area contributed by atoms with Gasteiger partial charge in [0, 0.05) is 67.5 Å². The Hall–Kier alpha value is -3.67. The van der Waals surface area contributed by atoms with Gasteiger partial charge in [-0.15, -0.1) is 0 Å². The molecule has 0 bridgehead atoms. The number of hydrogen-bond acceptors (Lipinski definition) is 10. The number of Topliss-reactive ketones (excluding diaryl/α,β-unsaturated/α-hetero) is 4. The van der Waals surface area contributed by atoms with E-state index in [1.807, 2.05) is 27.7 Å². The largest absolute Gasteiger partial charge is 0.378 e. The van der Waals surface area contributed by atoms with Crippen molar-refractivity contribution in [2.24, 2.45) is 11.8 Å². The Morgan fingerprint density at radius 3 is 1.52 bits per heavy atom. The van der Waals surface area contributed by atoms with Crippen molar-refractivity contribution in [3.63, 3.8) is 0 Å². The Bertz CT molecular complexity index is 1270. The molecule has 2 aromatic rings. The van der Waals surface area contributed by atoms with Crippen LogP contribution in [0.15, 0.2) is 36.7 Å². The fourth-order valence-corrected chi connectivity index (χ4v) is 4.23. The molecule has 46 heavy (non-hydrogen) atoms. The van der Waals surface area contributed by atoms with Crippen molar-refractivity contribution < 1.29 is 38.2 Å². The lowest BCUT2D eigenvalue weighted by molar-refractivity contribution is -0.123. The highest BCUT2D eigenvalue weighted by molar-refractivity contribution is 5.96. The van der Waals surface area contributed by atoms with Crippen molar-refractivity contribution >= 4 is 29.0 Å². The molecule has 0 saturated heterocycles. The zero-order valence-corrected chi connectivity index (χ0v) is 28.1. The topological polar surface area (TPSA) is 151 Å². The summed E-state index contributed by atoms with van der Waals surface area (Å²) in [6.07, 6.45) is 4.59. The molecule has 0 aliphatic heterocycles. The monoisotopic (exact) mass is 639 g/mol. The molecule has 0 spiro atoms. The molecule has 2 rings (SSSR count). The van der Waals surface area contributed by atoms with Gasteiger partial charge in [0.25, 0.3) is 5.91 Å². The zero-order chi connectivity index (χ0) is 34.1. The second-order valence-corrected chi connectivity index (χ2v) is 11.9. The van der Waals surface area contributed by atoms with E-state index in [0.717, 1.165) is 5.56 Å².